The average Bonchev–Trinajstić information content (AvgIpc) is 2.02. The maximum Gasteiger partial charge on any atom is 0.491 e. The van der Waals surface area contributed by atoms with Gasteiger partial charge in [-0.1, -0.05) is 12.1 Å². The fraction of sp³-hybridized carbons (Fsp3) is 0.125. The van der Waals surface area contributed by atoms with Crippen LogP contribution in [0.25, 0.3) is 0 Å². The molecule has 0 radical (unpaired) electrons. The summed E-state index contributed by atoms with van der Waals surface area (Å²) in [4.78, 5) is 11.0. The van der Waals surface area contributed by atoms with Crippen LogP contribution >= 0.6 is 0 Å². The monoisotopic (exact) mass is 179 g/mol. The molecule has 0 saturated heterocycles. The second kappa shape index (κ2) is 3.59. The molecule has 0 bridgehead atoms. The van der Waals surface area contributed by atoms with Crippen LogP contribution in [0.5, 0.6) is 0 Å². The number of hydrogen-bond acceptors (Lipinski definition) is 4. The third-order valence-corrected chi connectivity index (χ3v) is 1.78. The molecule has 0 amide bonds. The number of hydrogen-bond donors (Lipinski definition) is 3. The molecule has 4 nitrogen and oxygen atoms in total. The lowest BCUT2D eigenvalue weighted by Crippen LogP contribution is -2.36. The third kappa shape index (κ3) is 1.88. The van der Waals surface area contributed by atoms with Crippen LogP contribution in [0.15, 0.2) is 18.2 Å². The van der Waals surface area contributed by atoms with Gasteiger partial charge in [-0.2, -0.15) is 0 Å². The van der Waals surface area contributed by atoms with E-state index in [0.717, 1.165) is 0 Å². The molecular weight excluding hydrogens is 169 g/mol. The normalized spacial score (nSPS) is 9.77. The smallest absolute Gasteiger partial charge is 0.423 e. The molecule has 0 atom stereocenters. The lowest BCUT2D eigenvalue weighted by Gasteiger charge is -2.08. The third-order valence-electron chi connectivity index (χ3n) is 1.78. The molecule has 1 aromatic rings. The maximum atomic E-state index is 11.0. The summed E-state index contributed by atoms with van der Waals surface area (Å²) in [5.41, 5.74) is 6.02. The first kappa shape index (κ1) is 9.76. The summed E-state index contributed by atoms with van der Waals surface area (Å²) in [6.07, 6.45) is 0. The first-order valence-corrected chi connectivity index (χ1v) is 3.79. The second-order valence-electron chi connectivity index (χ2n) is 2.74. The van der Waals surface area contributed by atoms with E-state index in [4.69, 9.17) is 15.8 Å². The Bertz CT molecular complexity index is 338. The lowest BCUT2D eigenvalue weighted by atomic mass is 9.75. The fourth-order valence-corrected chi connectivity index (χ4v) is 1.18. The van der Waals surface area contributed by atoms with Crippen LogP contribution in [-0.4, -0.2) is 22.9 Å². The van der Waals surface area contributed by atoms with E-state index in [-0.39, 0.29) is 22.5 Å². The molecule has 0 heterocycles. The predicted molar refractivity (Wildman–Crippen MR) is 50.7 cm³/mol. The molecule has 1 rings (SSSR count). The van der Waals surface area contributed by atoms with Crippen LogP contribution in [0, 0.1) is 0 Å². The first-order valence-electron chi connectivity index (χ1n) is 3.79. The Hall–Kier alpha value is -1.33. The van der Waals surface area contributed by atoms with Crippen LogP contribution < -0.4 is 11.2 Å². The molecule has 68 valence electrons. The highest BCUT2D eigenvalue weighted by Gasteiger charge is 2.20. The number of rotatable bonds is 2. The largest absolute Gasteiger partial charge is 0.491 e. The number of ketones is 1. The minimum atomic E-state index is -1.71. The minimum Gasteiger partial charge on any atom is -0.423 e. The molecule has 0 aromatic heterocycles. The number of nitrogen functional groups attached to an aromatic ring is 1. The van der Waals surface area contributed by atoms with Crippen molar-refractivity contribution in [1.82, 2.24) is 0 Å². The van der Waals surface area contributed by atoms with E-state index in [1.807, 2.05) is 0 Å². The summed E-state index contributed by atoms with van der Waals surface area (Å²) in [7, 11) is -1.71. The average molecular weight is 179 g/mol. The molecule has 5 heteroatoms. The quantitative estimate of drug-likeness (QED) is 0.313. The van der Waals surface area contributed by atoms with E-state index >= 15 is 0 Å². The molecule has 0 aliphatic heterocycles. The molecular formula is C8H10BNO3. The number of Topliss-reactive ketones (excluding diaryl/α,β-unsaturated/α-hetero) is 1. The fourth-order valence-electron chi connectivity index (χ4n) is 1.18. The van der Waals surface area contributed by atoms with Crippen molar-refractivity contribution in [2.24, 2.45) is 0 Å². The molecule has 0 aliphatic rings. The van der Waals surface area contributed by atoms with Gasteiger partial charge in [-0.05, 0) is 13.0 Å². The molecule has 0 unspecified atom stereocenters. The van der Waals surface area contributed by atoms with Gasteiger partial charge < -0.3 is 15.8 Å². The predicted octanol–water partition coefficient (Wildman–Crippen LogP) is -0.849. The van der Waals surface area contributed by atoms with E-state index in [1.165, 1.54) is 19.1 Å². The van der Waals surface area contributed by atoms with Gasteiger partial charge in [-0.3, -0.25) is 4.79 Å². The summed E-state index contributed by atoms with van der Waals surface area (Å²) < 4.78 is 0. The molecule has 0 aliphatic carbocycles. The van der Waals surface area contributed by atoms with Crippen LogP contribution in [0.2, 0.25) is 0 Å². The summed E-state index contributed by atoms with van der Waals surface area (Å²) in [5, 5.41) is 17.9. The van der Waals surface area contributed by atoms with Gasteiger partial charge in [0.05, 0.1) is 0 Å². The molecule has 13 heavy (non-hydrogen) atoms. The molecule has 4 N–H and O–H groups in total. The Labute approximate surface area is 76.1 Å². The van der Waals surface area contributed by atoms with Crippen molar-refractivity contribution in [1.29, 1.82) is 0 Å². The van der Waals surface area contributed by atoms with E-state index in [9.17, 15) is 4.79 Å². The van der Waals surface area contributed by atoms with Crippen molar-refractivity contribution in [3.63, 3.8) is 0 Å². The van der Waals surface area contributed by atoms with E-state index in [1.54, 1.807) is 6.07 Å². The second-order valence-corrected chi connectivity index (χ2v) is 2.74. The maximum absolute atomic E-state index is 11.0. The van der Waals surface area contributed by atoms with Crippen LogP contribution in [0.3, 0.4) is 0 Å². The molecule has 0 saturated carbocycles. The summed E-state index contributed by atoms with van der Waals surface area (Å²) in [6.45, 7) is 1.35. The Kier molecular flexibility index (Phi) is 2.70. The van der Waals surface area contributed by atoms with Gasteiger partial charge in [0.15, 0.2) is 5.78 Å². The number of benzene rings is 1. The number of carbonyl (C=O) groups is 1. The van der Waals surface area contributed by atoms with E-state index in [2.05, 4.69) is 0 Å². The van der Waals surface area contributed by atoms with Gasteiger partial charge in [-0.25, -0.2) is 0 Å². The lowest BCUT2D eigenvalue weighted by molar-refractivity contribution is 0.101. The highest BCUT2D eigenvalue weighted by molar-refractivity contribution is 6.62. The SMILES string of the molecule is CC(=O)c1cccc(N)c1B(O)O. The van der Waals surface area contributed by atoms with Crippen LogP contribution in [0.1, 0.15) is 17.3 Å². The Morgan fingerprint density at radius 3 is 2.46 bits per heavy atom. The highest BCUT2D eigenvalue weighted by atomic mass is 16.4. The van der Waals surface area contributed by atoms with Crippen LogP contribution in [-0.2, 0) is 0 Å². The van der Waals surface area contributed by atoms with Gasteiger partial charge in [-0.15, -0.1) is 0 Å². The standard InChI is InChI=1S/C8H10BNO3/c1-5(11)6-3-2-4-7(10)8(6)9(12)13/h2-4,12-13H,10H2,1H3. The number of carbonyl (C=O) groups excluding carboxylic acids is 1. The van der Waals surface area contributed by atoms with Gasteiger partial charge >= 0.3 is 7.12 Å². The minimum absolute atomic E-state index is 0.0787. The molecule has 0 spiro atoms. The van der Waals surface area contributed by atoms with Gasteiger partial charge in [0.1, 0.15) is 0 Å². The van der Waals surface area contributed by atoms with Crippen molar-refractivity contribution >= 4 is 24.1 Å². The summed E-state index contributed by atoms with van der Waals surface area (Å²) in [5.74, 6) is -0.240. The van der Waals surface area contributed by atoms with Crippen molar-refractivity contribution < 1.29 is 14.8 Å². The summed E-state index contributed by atoms with van der Waals surface area (Å²) in [6, 6.07) is 4.62. The highest BCUT2D eigenvalue weighted by Crippen LogP contribution is 2.05. The zero-order valence-corrected chi connectivity index (χ0v) is 7.19. The van der Waals surface area contributed by atoms with Crippen molar-refractivity contribution in [3.05, 3.63) is 23.8 Å². The Morgan fingerprint density at radius 1 is 1.46 bits per heavy atom. The van der Waals surface area contributed by atoms with Crippen molar-refractivity contribution in [2.45, 2.75) is 6.92 Å². The number of nitrogens with two attached hydrogens (primary N) is 1. The zero-order chi connectivity index (χ0) is 10.0. The van der Waals surface area contributed by atoms with Gasteiger partial charge in [0.25, 0.3) is 0 Å². The molecule has 1 aromatic carbocycles. The van der Waals surface area contributed by atoms with Gasteiger partial charge in [0.2, 0.25) is 0 Å². The zero-order valence-electron chi connectivity index (χ0n) is 7.19. The Balaban J connectivity index is 3.34. The van der Waals surface area contributed by atoms with Crippen molar-refractivity contribution in [2.75, 3.05) is 5.73 Å². The number of anilines is 1. The Morgan fingerprint density at radius 2 is 2.08 bits per heavy atom. The van der Waals surface area contributed by atoms with Gasteiger partial charge in [0, 0.05) is 16.7 Å². The van der Waals surface area contributed by atoms with E-state index < -0.39 is 7.12 Å². The topological polar surface area (TPSA) is 83.6 Å². The van der Waals surface area contributed by atoms with E-state index in [0.29, 0.717) is 0 Å². The van der Waals surface area contributed by atoms with Crippen LogP contribution in [0.4, 0.5) is 5.69 Å². The molecule has 0 fully saturated rings. The van der Waals surface area contributed by atoms with Crippen molar-refractivity contribution in [3.8, 4) is 0 Å². The summed E-state index contributed by atoms with van der Waals surface area (Å²) >= 11 is 0. The first-order chi connectivity index (χ1) is 6.04.